The van der Waals surface area contributed by atoms with E-state index in [2.05, 4.69) is 20.5 Å². The van der Waals surface area contributed by atoms with Crippen molar-refractivity contribution in [1.29, 1.82) is 0 Å². The quantitative estimate of drug-likeness (QED) is 0.569. The summed E-state index contributed by atoms with van der Waals surface area (Å²) in [5.74, 6) is 0.422. The molecule has 0 bridgehead atoms. The number of aliphatic imine (C=N–C) groups is 1. The van der Waals surface area contributed by atoms with Crippen LogP contribution in [0.4, 0.5) is 0 Å². The van der Waals surface area contributed by atoms with Crippen molar-refractivity contribution in [3.8, 4) is 0 Å². The van der Waals surface area contributed by atoms with Crippen LogP contribution in [-0.4, -0.2) is 35.4 Å². The molecule has 1 aliphatic rings. The van der Waals surface area contributed by atoms with Crippen LogP contribution in [0.1, 0.15) is 18.5 Å². The van der Waals surface area contributed by atoms with Crippen molar-refractivity contribution in [3.05, 3.63) is 24.0 Å². The predicted molar refractivity (Wildman–Crippen MR) is 64.3 cm³/mol. The van der Waals surface area contributed by atoms with Crippen LogP contribution in [0.5, 0.6) is 0 Å². The largest absolute Gasteiger partial charge is 0.376 e. The maximum Gasteiger partial charge on any atom is 0.189 e. The first kappa shape index (κ1) is 11.8. The lowest BCUT2D eigenvalue weighted by Crippen LogP contribution is -2.37. The molecule has 1 fully saturated rings. The first-order valence-electron chi connectivity index (χ1n) is 5.76. The van der Waals surface area contributed by atoms with Gasteiger partial charge in [-0.2, -0.15) is 10.2 Å². The predicted octanol–water partition coefficient (Wildman–Crippen LogP) is 0.0599. The Kier molecular flexibility index (Phi) is 4.26. The Hall–Kier alpha value is -1.69. The minimum Gasteiger partial charge on any atom is -0.376 e. The van der Waals surface area contributed by atoms with E-state index in [-0.39, 0.29) is 6.10 Å². The van der Waals surface area contributed by atoms with Gasteiger partial charge in [-0.25, -0.2) is 4.99 Å². The van der Waals surface area contributed by atoms with Crippen LogP contribution in [0.2, 0.25) is 0 Å². The molecule has 2 rings (SSSR count). The Morgan fingerprint density at radius 1 is 1.65 bits per heavy atom. The van der Waals surface area contributed by atoms with E-state index in [4.69, 9.17) is 10.5 Å². The topological polar surface area (TPSA) is 85.4 Å². The standard InChI is InChI=1S/C11H17N5O/c12-11(14-8-10-4-2-6-17-10)13-7-9-3-1-5-15-16-9/h1,3,5,10H,2,4,6-8H2,(H3,12,13,14). The summed E-state index contributed by atoms with van der Waals surface area (Å²) in [6.07, 6.45) is 4.11. The SMILES string of the molecule is NC(=NCc1cccnn1)NCC1CCCO1. The van der Waals surface area contributed by atoms with E-state index in [0.29, 0.717) is 12.5 Å². The Morgan fingerprint density at radius 3 is 3.29 bits per heavy atom. The molecule has 0 amide bonds. The van der Waals surface area contributed by atoms with Crippen molar-refractivity contribution in [3.63, 3.8) is 0 Å². The molecular formula is C11H17N5O. The lowest BCUT2D eigenvalue weighted by Gasteiger charge is -2.10. The van der Waals surface area contributed by atoms with E-state index in [0.717, 1.165) is 31.7 Å². The Bertz CT molecular complexity index is 361. The molecule has 1 aromatic heterocycles. The van der Waals surface area contributed by atoms with Gasteiger partial charge in [-0.05, 0) is 25.0 Å². The molecule has 0 spiro atoms. The number of guanidine groups is 1. The average Bonchev–Trinajstić information content (AvgIpc) is 2.88. The minimum absolute atomic E-state index is 0.264. The molecule has 17 heavy (non-hydrogen) atoms. The van der Waals surface area contributed by atoms with Crippen LogP contribution in [-0.2, 0) is 11.3 Å². The normalized spacial score (nSPS) is 20.5. The van der Waals surface area contributed by atoms with Crippen LogP contribution < -0.4 is 11.1 Å². The Balaban J connectivity index is 1.73. The molecule has 6 nitrogen and oxygen atoms in total. The second-order valence-corrected chi connectivity index (χ2v) is 3.93. The molecule has 1 unspecified atom stereocenters. The highest BCUT2D eigenvalue weighted by Crippen LogP contribution is 2.10. The first-order valence-corrected chi connectivity index (χ1v) is 5.76. The van der Waals surface area contributed by atoms with Crippen molar-refractivity contribution in [2.24, 2.45) is 10.7 Å². The molecule has 2 heterocycles. The monoisotopic (exact) mass is 235 g/mol. The molecular weight excluding hydrogens is 218 g/mol. The fraction of sp³-hybridized carbons (Fsp3) is 0.545. The molecule has 3 N–H and O–H groups in total. The third-order valence-corrected chi connectivity index (χ3v) is 2.57. The van der Waals surface area contributed by atoms with E-state index in [9.17, 15) is 0 Å². The van der Waals surface area contributed by atoms with Gasteiger partial charge in [-0.3, -0.25) is 0 Å². The number of nitrogens with one attached hydrogen (secondary N) is 1. The molecule has 1 saturated heterocycles. The van der Waals surface area contributed by atoms with Gasteiger partial charge in [0.25, 0.3) is 0 Å². The highest BCUT2D eigenvalue weighted by Gasteiger charge is 2.14. The zero-order valence-electron chi connectivity index (χ0n) is 9.67. The zero-order valence-corrected chi connectivity index (χ0v) is 9.67. The average molecular weight is 235 g/mol. The van der Waals surface area contributed by atoms with Crippen LogP contribution in [0.15, 0.2) is 23.3 Å². The Morgan fingerprint density at radius 2 is 2.59 bits per heavy atom. The summed E-state index contributed by atoms with van der Waals surface area (Å²) in [4.78, 5) is 4.18. The minimum atomic E-state index is 0.264. The maximum absolute atomic E-state index is 5.73. The second-order valence-electron chi connectivity index (χ2n) is 3.93. The van der Waals surface area contributed by atoms with E-state index in [1.807, 2.05) is 12.1 Å². The number of ether oxygens (including phenoxy) is 1. The van der Waals surface area contributed by atoms with Crippen LogP contribution in [0, 0.1) is 0 Å². The summed E-state index contributed by atoms with van der Waals surface area (Å²) in [5, 5.41) is 10.7. The lowest BCUT2D eigenvalue weighted by molar-refractivity contribution is 0.114. The molecule has 0 aromatic carbocycles. The molecule has 0 radical (unpaired) electrons. The van der Waals surface area contributed by atoms with Gasteiger partial charge in [0, 0.05) is 19.3 Å². The zero-order chi connectivity index (χ0) is 11.9. The number of nitrogens with zero attached hydrogens (tertiary/aromatic N) is 3. The summed E-state index contributed by atoms with van der Waals surface area (Å²) in [7, 11) is 0. The molecule has 0 aliphatic carbocycles. The van der Waals surface area contributed by atoms with Crippen LogP contribution in [0.3, 0.4) is 0 Å². The van der Waals surface area contributed by atoms with Crippen molar-refractivity contribution >= 4 is 5.96 Å². The first-order chi connectivity index (χ1) is 8.34. The molecule has 6 heteroatoms. The number of nitrogens with two attached hydrogens (primary N) is 1. The summed E-state index contributed by atoms with van der Waals surface area (Å²) >= 11 is 0. The molecule has 0 saturated carbocycles. The summed E-state index contributed by atoms with van der Waals surface area (Å²) in [6.45, 7) is 2.01. The van der Waals surface area contributed by atoms with Gasteiger partial charge in [0.05, 0.1) is 18.3 Å². The van der Waals surface area contributed by atoms with Crippen LogP contribution in [0.25, 0.3) is 0 Å². The Labute approximate surface area is 100 Å². The van der Waals surface area contributed by atoms with E-state index < -0.39 is 0 Å². The number of aromatic nitrogens is 2. The molecule has 1 aliphatic heterocycles. The maximum atomic E-state index is 5.73. The summed E-state index contributed by atoms with van der Waals surface area (Å²) < 4.78 is 5.47. The van der Waals surface area contributed by atoms with Gasteiger partial charge < -0.3 is 15.8 Å². The smallest absolute Gasteiger partial charge is 0.189 e. The van der Waals surface area contributed by atoms with Gasteiger partial charge >= 0.3 is 0 Å². The highest BCUT2D eigenvalue weighted by atomic mass is 16.5. The molecule has 92 valence electrons. The molecule has 1 aromatic rings. The number of rotatable bonds is 4. The number of hydrogen-bond acceptors (Lipinski definition) is 4. The van der Waals surface area contributed by atoms with Crippen molar-refractivity contribution in [2.75, 3.05) is 13.2 Å². The summed E-state index contributed by atoms with van der Waals surface area (Å²) in [6, 6.07) is 3.69. The van der Waals surface area contributed by atoms with E-state index in [1.165, 1.54) is 0 Å². The lowest BCUT2D eigenvalue weighted by atomic mass is 10.2. The van der Waals surface area contributed by atoms with Gasteiger partial charge in [0.2, 0.25) is 0 Å². The number of hydrogen-bond donors (Lipinski definition) is 2. The van der Waals surface area contributed by atoms with Gasteiger partial charge in [-0.15, -0.1) is 0 Å². The van der Waals surface area contributed by atoms with Gasteiger partial charge in [0.1, 0.15) is 0 Å². The fourth-order valence-electron chi connectivity index (χ4n) is 1.66. The fourth-order valence-corrected chi connectivity index (χ4v) is 1.66. The van der Waals surface area contributed by atoms with Crippen molar-refractivity contribution < 1.29 is 4.74 Å². The van der Waals surface area contributed by atoms with Crippen molar-refractivity contribution in [1.82, 2.24) is 15.5 Å². The summed E-state index contributed by atoms with van der Waals surface area (Å²) in [5.41, 5.74) is 6.54. The molecule has 1 atom stereocenters. The highest BCUT2D eigenvalue weighted by molar-refractivity contribution is 5.77. The second kappa shape index (κ2) is 6.15. The van der Waals surface area contributed by atoms with Crippen molar-refractivity contribution in [2.45, 2.75) is 25.5 Å². The van der Waals surface area contributed by atoms with E-state index in [1.54, 1.807) is 6.20 Å². The third-order valence-electron chi connectivity index (χ3n) is 2.57. The van der Waals surface area contributed by atoms with Gasteiger partial charge in [0.15, 0.2) is 5.96 Å². The third kappa shape index (κ3) is 3.99. The van der Waals surface area contributed by atoms with Crippen LogP contribution >= 0.6 is 0 Å². The van der Waals surface area contributed by atoms with Gasteiger partial charge in [-0.1, -0.05) is 0 Å². The van der Waals surface area contributed by atoms with E-state index >= 15 is 0 Å².